The number of aliphatic carboxylic acids is 1. The molecule has 39 nitrogen and oxygen atoms in total. The van der Waals surface area contributed by atoms with Gasteiger partial charge in [0.1, 0.15) is 140 Å². The molecule has 6 saturated heterocycles. The minimum Gasteiger partial charge on any atom is -0.544 e. The molecule has 0 spiro atoms. The third-order valence-electron chi connectivity index (χ3n) is 22.6. The van der Waals surface area contributed by atoms with Crippen molar-refractivity contribution in [2.45, 2.75) is 423 Å². The number of nitrogens with one attached hydrogen (secondary N) is 3. The van der Waals surface area contributed by atoms with Gasteiger partial charge in [0.05, 0.1) is 70.0 Å². The largest absolute Gasteiger partial charge is 0.544 e. The summed E-state index contributed by atoms with van der Waals surface area (Å²) in [5, 5.41) is 224. The molecule has 25 N–H and O–H groups in total. The van der Waals surface area contributed by atoms with E-state index in [9.17, 15) is 116 Å². The van der Waals surface area contributed by atoms with E-state index in [1.807, 2.05) is 0 Å². The first-order valence-electron chi connectivity index (χ1n) is 42.4. The number of quaternary nitrogens is 1. The summed E-state index contributed by atoms with van der Waals surface area (Å²) in [6, 6.07) is -5.02. The molecule has 6 rings (SSSR count). The van der Waals surface area contributed by atoms with Gasteiger partial charge in [0.15, 0.2) is 31.5 Å². The van der Waals surface area contributed by atoms with E-state index in [0.717, 1.165) is 78.1 Å². The standard InChI is InChI=1S/C79H141N3O35.H3N/c1-6-8-10-12-14-16-18-20-21-23-25-27-29-31-33-35-54(93)82-46(47(90)34-32-30-28-26-24-22-19-17-15-13-11-9-7-2)42-106-74-65(102)63(100)67(52(40-86)110-74)112-76-66(103)71(117-79(78(104)105)36-48(91)55(80-44(4)88)70(116-79)58(95)49(92)37-83)68(53(41-87)111-76)113-73-56(81-45(5)89)69(60(97)51(39-85)108-73)114-77-72(62(99)59(96)50(38-84)109-77)115-75-64(101)61(98)57(94)43(3)107-75;/h32,34,43,46-53,55-77,83-87,90-92,94-103H,6-31,33,35-42H2,1-5H3,(H,80,88)(H,81,89)(H,82,93)(H,104,105);1H3/b34-32+;/t43-,46+,47-,48+,49-,50-,51-,52-,53-,55-,56-,57+,58-,59+,60+,61+,62+,63-,64-,65-,66-,67-,68+,69-,70-,71-,72-,73+,74-,75-,76+,77+,79+;/m1./s1. The van der Waals surface area contributed by atoms with Crippen LogP contribution in [0.25, 0.3) is 0 Å². The van der Waals surface area contributed by atoms with E-state index in [1.54, 1.807) is 6.08 Å². The number of ether oxygens (including phenoxy) is 12. The molecule has 0 bridgehead atoms. The highest BCUT2D eigenvalue weighted by atomic mass is 16.8. The van der Waals surface area contributed by atoms with E-state index in [-0.39, 0.29) is 12.6 Å². The van der Waals surface area contributed by atoms with Crippen molar-refractivity contribution in [2.75, 3.05) is 39.6 Å². The van der Waals surface area contributed by atoms with Gasteiger partial charge in [-0.15, -0.1) is 0 Å². The van der Waals surface area contributed by atoms with E-state index in [1.165, 1.54) is 109 Å². The summed E-state index contributed by atoms with van der Waals surface area (Å²) in [6.45, 7) is 1.18. The normalized spacial score (nSPS) is 36.3. The van der Waals surface area contributed by atoms with Gasteiger partial charge in [0.25, 0.3) is 0 Å². The number of carbonyl (C=O) groups excluding carboxylic acids is 4. The number of carboxylic acids is 1. The van der Waals surface area contributed by atoms with Crippen LogP contribution in [-0.4, -0.2) is 357 Å². The van der Waals surface area contributed by atoms with Crippen LogP contribution < -0.4 is 27.2 Å². The zero-order valence-electron chi connectivity index (χ0n) is 69.4. The number of carbonyl (C=O) groups is 4. The van der Waals surface area contributed by atoms with Crippen LogP contribution >= 0.6 is 0 Å². The zero-order chi connectivity index (χ0) is 86.1. The van der Waals surface area contributed by atoms with E-state index in [2.05, 4.69) is 29.8 Å². The quantitative estimate of drug-likeness (QED) is 0.0211. The first-order chi connectivity index (χ1) is 56.0. The lowest BCUT2D eigenvalue weighted by atomic mass is 9.88. The number of aliphatic hydroxyl groups excluding tert-OH is 18. The molecule has 0 aliphatic carbocycles. The summed E-state index contributed by atoms with van der Waals surface area (Å²) < 4.78 is 72.4. The molecule has 0 radical (unpaired) electrons. The first kappa shape index (κ1) is 105. The SMILES string of the molecule is CCCCCCCCCCCCC/C=C/[C@@H](O)[C@H](CO[C@@H]1O[C@H](CO)[C@@H](O[C@@H]2O[C@H](CO)[C@H](O[C@@H]3O[C@H](CO)[C@H](O)[C@H](O[C@@H]4O[C@H](CO)[C@H](O)[C@H](O)[C@H]4O[C@H]4O[C@H](C)[C@H](O)[C@H](O)[C@H]4O)[C@H]3NC(C)=O)[C@H](O[C@]3(C(=O)[O-])C[C@H](O)[C@@H](NC(C)=O)[C@H]([C@H](O)[C@H](O)CO)O3)[C@H]2O)[C@H](O)[C@H]1O)NC(=O)CCCCCCCCCCCCCCCCC.[NH4+]. The van der Waals surface area contributed by atoms with Crippen LogP contribution in [0.15, 0.2) is 12.2 Å². The topological polar surface area (TPSA) is 639 Å². The molecule has 6 aliphatic heterocycles. The van der Waals surface area contributed by atoms with Gasteiger partial charge in [-0.05, 0) is 26.2 Å². The molecule has 6 heterocycles. The molecule has 0 aromatic heterocycles. The minimum atomic E-state index is -3.55. The molecule has 0 aromatic carbocycles. The second-order valence-electron chi connectivity index (χ2n) is 32.0. The first-order valence-corrected chi connectivity index (χ1v) is 42.4. The van der Waals surface area contributed by atoms with Crippen molar-refractivity contribution in [2.24, 2.45) is 0 Å². The number of unbranched alkanes of at least 4 members (excludes halogenated alkanes) is 25. The van der Waals surface area contributed by atoms with E-state index in [0.29, 0.717) is 12.8 Å². The Morgan fingerprint density at radius 3 is 1.44 bits per heavy atom. The Hall–Kier alpha value is -3.62. The maximum absolute atomic E-state index is 13.9. The number of aliphatic hydroxyl groups is 18. The molecular formula is C79H144N4O35. The van der Waals surface area contributed by atoms with Crippen LogP contribution in [0.5, 0.6) is 0 Å². The highest BCUT2D eigenvalue weighted by Gasteiger charge is 2.61. The number of rotatable bonds is 54. The van der Waals surface area contributed by atoms with Crippen LogP contribution in [-0.2, 0) is 76.0 Å². The van der Waals surface area contributed by atoms with E-state index in [4.69, 9.17) is 56.8 Å². The van der Waals surface area contributed by atoms with E-state index < -0.39 is 272 Å². The maximum Gasteiger partial charge on any atom is 0.220 e. The molecule has 0 unspecified atom stereocenters. The number of hydrogen-bond acceptors (Lipinski definition) is 35. The summed E-state index contributed by atoms with van der Waals surface area (Å²) in [6.07, 6.45) is -28.0. The lowest BCUT2D eigenvalue weighted by Gasteiger charge is -2.54. The Morgan fingerprint density at radius 1 is 0.475 bits per heavy atom. The fourth-order valence-corrected chi connectivity index (χ4v) is 15.7. The highest BCUT2D eigenvalue weighted by molar-refractivity contribution is 5.76. The fourth-order valence-electron chi connectivity index (χ4n) is 15.7. The van der Waals surface area contributed by atoms with Crippen LogP contribution in [0.3, 0.4) is 0 Å². The van der Waals surface area contributed by atoms with Crippen LogP contribution in [0, 0.1) is 0 Å². The van der Waals surface area contributed by atoms with Crippen molar-refractivity contribution in [1.29, 1.82) is 0 Å². The molecular weight excluding hydrogens is 1560 g/mol. The van der Waals surface area contributed by atoms with Crippen molar-refractivity contribution >= 4 is 23.7 Å². The fraction of sp³-hybridized carbons (Fsp3) is 0.924. The Kier molecular flexibility index (Phi) is 48.3. The highest BCUT2D eigenvalue weighted by Crippen LogP contribution is 2.42. The molecule has 118 heavy (non-hydrogen) atoms. The summed E-state index contributed by atoms with van der Waals surface area (Å²) in [4.78, 5) is 53.5. The molecule has 690 valence electrons. The average Bonchev–Trinajstić information content (AvgIpc) is 0.748. The van der Waals surface area contributed by atoms with Crippen molar-refractivity contribution in [3.8, 4) is 0 Å². The lowest BCUT2D eigenvalue weighted by molar-refractivity contribution is -0.421. The van der Waals surface area contributed by atoms with Crippen molar-refractivity contribution < 1.29 is 173 Å². The Balaban J connectivity index is 0.0000248. The Bertz CT molecular complexity index is 2820. The van der Waals surface area contributed by atoms with Crippen LogP contribution in [0.1, 0.15) is 221 Å². The maximum atomic E-state index is 13.9. The van der Waals surface area contributed by atoms with Crippen molar-refractivity contribution in [1.82, 2.24) is 22.1 Å². The predicted octanol–water partition coefficient (Wildman–Crippen LogP) is -3.15. The summed E-state index contributed by atoms with van der Waals surface area (Å²) in [5.74, 6) is -8.28. The molecule has 3 amide bonds. The summed E-state index contributed by atoms with van der Waals surface area (Å²) in [5.41, 5.74) is 0. The van der Waals surface area contributed by atoms with Gasteiger partial charge in [0, 0.05) is 26.7 Å². The van der Waals surface area contributed by atoms with Gasteiger partial charge in [-0.1, -0.05) is 180 Å². The van der Waals surface area contributed by atoms with E-state index >= 15 is 0 Å². The number of amides is 3. The van der Waals surface area contributed by atoms with Crippen LogP contribution in [0.2, 0.25) is 0 Å². The second kappa shape index (κ2) is 54.3. The third-order valence-corrected chi connectivity index (χ3v) is 22.6. The summed E-state index contributed by atoms with van der Waals surface area (Å²) in [7, 11) is 0. The smallest absolute Gasteiger partial charge is 0.220 e. The van der Waals surface area contributed by atoms with Gasteiger partial charge < -0.3 is 181 Å². The van der Waals surface area contributed by atoms with Crippen LogP contribution in [0.4, 0.5) is 0 Å². The molecule has 6 aliphatic rings. The Morgan fingerprint density at radius 2 is 0.915 bits per heavy atom. The van der Waals surface area contributed by atoms with Gasteiger partial charge in [0.2, 0.25) is 23.5 Å². The lowest BCUT2D eigenvalue weighted by Crippen LogP contribution is -2.73. The second-order valence-corrected chi connectivity index (χ2v) is 32.0. The number of allylic oxidation sites excluding steroid dienone is 1. The minimum absolute atomic E-state index is 0. The van der Waals surface area contributed by atoms with Gasteiger partial charge in [-0.2, -0.15) is 0 Å². The molecule has 0 aromatic rings. The molecule has 33 atom stereocenters. The van der Waals surface area contributed by atoms with Gasteiger partial charge >= 0.3 is 0 Å². The number of hydrogen-bond donors (Lipinski definition) is 22. The predicted molar refractivity (Wildman–Crippen MR) is 413 cm³/mol. The monoisotopic (exact) mass is 1710 g/mol. The zero-order valence-corrected chi connectivity index (χ0v) is 69.4. The third kappa shape index (κ3) is 30.9. The molecule has 6 fully saturated rings. The molecule has 39 heteroatoms. The average molecular weight is 1710 g/mol. The molecule has 0 saturated carbocycles. The van der Waals surface area contributed by atoms with Crippen molar-refractivity contribution in [3.05, 3.63) is 12.2 Å². The van der Waals surface area contributed by atoms with Gasteiger partial charge in [-0.25, -0.2) is 0 Å². The van der Waals surface area contributed by atoms with Crippen molar-refractivity contribution in [3.63, 3.8) is 0 Å². The Labute approximate surface area is 690 Å². The summed E-state index contributed by atoms with van der Waals surface area (Å²) >= 11 is 0. The van der Waals surface area contributed by atoms with Gasteiger partial charge in [-0.3, -0.25) is 14.4 Å². The number of carboxylic acid groups (broad SMARTS) is 1.